The van der Waals surface area contributed by atoms with E-state index in [-0.39, 0.29) is 12.4 Å². The van der Waals surface area contributed by atoms with Crippen LogP contribution in [0.3, 0.4) is 0 Å². The van der Waals surface area contributed by atoms with Gasteiger partial charge in [0.1, 0.15) is 24.3 Å². The van der Waals surface area contributed by atoms with Gasteiger partial charge < -0.3 is 15.2 Å². The first-order chi connectivity index (χ1) is 10.1. The Morgan fingerprint density at radius 2 is 1.86 bits per heavy atom. The third-order valence-electron chi connectivity index (χ3n) is 3.21. The highest BCUT2D eigenvalue weighted by Crippen LogP contribution is 2.11. The largest absolute Gasteiger partial charge is 0.491 e. The van der Waals surface area contributed by atoms with Crippen LogP contribution in [0.2, 0.25) is 0 Å². The van der Waals surface area contributed by atoms with Gasteiger partial charge in [-0.1, -0.05) is 24.3 Å². The minimum absolute atomic E-state index is 0.173. The molecule has 1 unspecified atom stereocenters. The van der Waals surface area contributed by atoms with Crippen LogP contribution in [0.1, 0.15) is 11.1 Å². The van der Waals surface area contributed by atoms with Crippen molar-refractivity contribution in [2.75, 3.05) is 13.2 Å². The summed E-state index contributed by atoms with van der Waals surface area (Å²) in [4.78, 5) is 0. The first kappa shape index (κ1) is 15.5. The number of benzene rings is 2. The monoisotopic (exact) mass is 289 g/mol. The summed E-state index contributed by atoms with van der Waals surface area (Å²) >= 11 is 0. The SMILES string of the molecule is Cc1ccccc1CNCC(O)COc1ccc(F)cc1. The summed E-state index contributed by atoms with van der Waals surface area (Å²) in [6.07, 6.45) is -0.612. The molecular formula is C17H20FNO2. The van der Waals surface area contributed by atoms with Crippen LogP contribution in [0.15, 0.2) is 48.5 Å². The van der Waals surface area contributed by atoms with Crippen molar-refractivity contribution in [3.8, 4) is 5.75 Å². The molecule has 0 spiro atoms. The van der Waals surface area contributed by atoms with Crippen LogP contribution in [0, 0.1) is 12.7 Å². The number of rotatable bonds is 7. The van der Waals surface area contributed by atoms with E-state index in [2.05, 4.69) is 24.4 Å². The van der Waals surface area contributed by atoms with Crippen molar-refractivity contribution >= 4 is 0 Å². The Bertz CT molecular complexity index is 557. The number of hydrogen-bond acceptors (Lipinski definition) is 3. The van der Waals surface area contributed by atoms with E-state index in [1.165, 1.54) is 23.3 Å². The van der Waals surface area contributed by atoms with Crippen LogP contribution in [-0.4, -0.2) is 24.4 Å². The van der Waals surface area contributed by atoms with Gasteiger partial charge in [-0.25, -0.2) is 4.39 Å². The predicted octanol–water partition coefficient (Wildman–Crippen LogP) is 2.66. The Hall–Kier alpha value is -1.91. The van der Waals surface area contributed by atoms with Crippen LogP contribution >= 0.6 is 0 Å². The number of aryl methyl sites for hydroxylation is 1. The Morgan fingerprint density at radius 3 is 2.57 bits per heavy atom. The van der Waals surface area contributed by atoms with Gasteiger partial charge in [0.05, 0.1) is 0 Å². The van der Waals surface area contributed by atoms with Crippen LogP contribution < -0.4 is 10.1 Å². The average molecular weight is 289 g/mol. The number of halogens is 1. The Labute approximate surface area is 124 Å². The molecule has 3 nitrogen and oxygen atoms in total. The Balaban J connectivity index is 1.69. The second kappa shape index (κ2) is 7.76. The minimum Gasteiger partial charge on any atom is -0.491 e. The maximum absolute atomic E-state index is 12.7. The summed E-state index contributed by atoms with van der Waals surface area (Å²) < 4.78 is 18.1. The summed E-state index contributed by atoms with van der Waals surface area (Å²) in [6, 6.07) is 13.9. The van der Waals surface area contributed by atoms with Gasteiger partial charge in [-0.2, -0.15) is 0 Å². The van der Waals surface area contributed by atoms with Crippen molar-refractivity contribution in [2.24, 2.45) is 0 Å². The average Bonchev–Trinajstić information content (AvgIpc) is 2.49. The Kier molecular flexibility index (Phi) is 5.72. The summed E-state index contributed by atoms with van der Waals surface area (Å²) in [5.74, 6) is 0.247. The van der Waals surface area contributed by atoms with Gasteiger partial charge in [0.15, 0.2) is 0 Å². The van der Waals surface area contributed by atoms with Crippen molar-refractivity contribution < 1.29 is 14.2 Å². The summed E-state index contributed by atoms with van der Waals surface area (Å²) in [5, 5.41) is 13.0. The van der Waals surface area contributed by atoms with Crippen LogP contribution in [0.5, 0.6) is 5.75 Å². The molecule has 2 rings (SSSR count). The number of aliphatic hydroxyl groups is 1. The van der Waals surface area contributed by atoms with Crippen molar-refractivity contribution in [3.05, 3.63) is 65.5 Å². The molecule has 0 heterocycles. The fourth-order valence-electron chi connectivity index (χ4n) is 1.96. The molecule has 4 heteroatoms. The third-order valence-corrected chi connectivity index (χ3v) is 3.21. The van der Waals surface area contributed by atoms with Gasteiger partial charge in [0, 0.05) is 13.1 Å². The molecule has 0 aromatic heterocycles. The molecule has 21 heavy (non-hydrogen) atoms. The summed E-state index contributed by atoms with van der Waals surface area (Å²) in [6.45, 7) is 3.38. The van der Waals surface area contributed by atoms with Gasteiger partial charge in [-0.15, -0.1) is 0 Å². The van der Waals surface area contributed by atoms with Crippen molar-refractivity contribution in [3.63, 3.8) is 0 Å². The number of ether oxygens (including phenoxy) is 1. The van der Waals surface area contributed by atoms with E-state index in [1.54, 1.807) is 12.1 Å². The zero-order valence-electron chi connectivity index (χ0n) is 12.1. The van der Waals surface area contributed by atoms with Crippen molar-refractivity contribution in [2.45, 2.75) is 19.6 Å². The molecule has 1 atom stereocenters. The first-order valence-electron chi connectivity index (χ1n) is 6.97. The lowest BCUT2D eigenvalue weighted by atomic mass is 10.1. The molecule has 0 amide bonds. The number of nitrogens with one attached hydrogen (secondary N) is 1. The molecule has 0 aliphatic heterocycles. The quantitative estimate of drug-likeness (QED) is 0.823. The molecule has 0 aliphatic rings. The lowest BCUT2D eigenvalue weighted by molar-refractivity contribution is 0.106. The second-order valence-electron chi connectivity index (χ2n) is 4.98. The van der Waals surface area contributed by atoms with Crippen molar-refractivity contribution in [1.29, 1.82) is 0 Å². The normalized spacial score (nSPS) is 12.1. The molecular weight excluding hydrogens is 269 g/mol. The molecule has 2 aromatic rings. The maximum atomic E-state index is 12.7. The fourth-order valence-corrected chi connectivity index (χ4v) is 1.96. The van der Waals surface area contributed by atoms with Gasteiger partial charge in [-0.05, 0) is 42.3 Å². The molecule has 2 N–H and O–H groups in total. The molecule has 0 radical (unpaired) electrons. The van der Waals surface area contributed by atoms with Gasteiger partial charge in [0.25, 0.3) is 0 Å². The Morgan fingerprint density at radius 1 is 1.14 bits per heavy atom. The van der Waals surface area contributed by atoms with Gasteiger partial charge >= 0.3 is 0 Å². The predicted molar refractivity (Wildman–Crippen MR) is 80.8 cm³/mol. The molecule has 0 saturated heterocycles. The van der Waals surface area contributed by atoms with Crippen molar-refractivity contribution in [1.82, 2.24) is 5.32 Å². The second-order valence-corrected chi connectivity index (χ2v) is 4.98. The summed E-state index contributed by atoms with van der Waals surface area (Å²) in [7, 11) is 0. The summed E-state index contributed by atoms with van der Waals surface area (Å²) in [5.41, 5.74) is 2.44. The van der Waals surface area contributed by atoms with E-state index >= 15 is 0 Å². The zero-order chi connectivity index (χ0) is 15.1. The molecule has 0 bridgehead atoms. The number of hydrogen-bond donors (Lipinski definition) is 2. The van der Waals surface area contributed by atoms with E-state index in [0.29, 0.717) is 18.8 Å². The molecule has 0 fully saturated rings. The molecule has 0 saturated carbocycles. The number of aliphatic hydroxyl groups excluding tert-OH is 1. The first-order valence-corrected chi connectivity index (χ1v) is 6.97. The highest BCUT2D eigenvalue weighted by Gasteiger charge is 2.05. The van der Waals surface area contributed by atoms with Gasteiger partial charge in [0.2, 0.25) is 0 Å². The van der Waals surface area contributed by atoms with Gasteiger partial charge in [-0.3, -0.25) is 0 Å². The minimum atomic E-state index is -0.612. The fraction of sp³-hybridized carbons (Fsp3) is 0.294. The standard InChI is InChI=1S/C17H20FNO2/c1-13-4-2-3-5-14(13)10-19-11-16(20)12-21-17-8-6-15(18)7-9-17/h2-9,16,19-20H,10-12H2,1H3. The third kappa shape index (κ3) is 5.17. The van der Waals surface area contributed by atoms with Crippen LogP contribution in [0.25, 0.3) is 0 Å². The maximum Gasteiger partial charge on any atom is 0.123 e. The highest BCUT2D eigenvalue weighted by atomic mass is 19.1. The van der Waals surface area contributed by atoms with E-state index < -0.39 is 6.10 Å². The van der Waals surface area contributed by atoms with E-state index in [4.69, 9.17) is 4.74 Å². The smallest absolute Gasteiger partial charge is 0.123 e. The lowest BCUT2D eigenvalue weighted by Gasteiger charge is -2.14. The molecule has 112 valence electrons. The van der Waals surface area contributed by atoms with Crippen LogP contribution in [-0.2, 0) is 6.54 Å². The van der Waals surface area contributed by atoms with E-state index in [1.807, 2.05) is 12.1 Å². The topological polar surface area (TPSA) is 41.5 Å². The molecule has 2 aromatic carbocycles. The zero-order valence-corrected chi connectivity index (χ0v) is 12.1. The molecule has 0 aliphatic carbocycles. The lowest BCUT2D eigenvalue weighted by Crippen LogP contribution is -2.31. The van der Waals surface area contributed by atoms with E-state index in [0.717, 1.165) is 0 Å². The van der Waals surface area contributed by atoms with Crippen LogP contribution in [0.4, 0.5) is 4.39 Å². The highest BCUT2D eigenvalue weighted by molar-refractivity contribution is 5.25. The van der Waals surface area contributed by atoms with E-state index in [9.17, 15) is 9.50 Å².